The molecule has 1 amide bonds. The van der Waals surface area contributed by atoms with Crippen molar-refractivity contribution in [2.45, 2.75) is 20.8 Å². The lowest BCUT2D eigenvalue weighted by Crippen LogP contribution is -2.34. The van der Waals surface area contributed by atoms with Crippen LogP contribution in [-0.4, -0.2) is 42.0 Å². The van der Waals surface area contributed by atoms with E-state index < -0.39 is 0 Å². The van der Waals surface area contributed by atoms with Crippen LogP contribution in [0.5, 0.6) is 0 Å². The lowest BCUT2D eigenvalue weighted by molar-refractivity contribution is 0.0953. The molecule has 4 nitrogen and oxygen atoms in total. The Labute approximate surface area is 156 Å². The molecule has 0 spiro atoms. The lowest BCUT2D eigenvalue weighted by Gasteiger charge is -2.17. The summed E-state index contributed by atoms with van der Waals surface area (Å²) in [5.41, 5.74) is 2.02. The van der Waals surface area contributed by atoms with Crippen LogP contribution in [-0.2, 0) is 0 Å². The Morgan fingerprint density at radius 3 is 2.72 bits per heavy atom. The number of fused-ring (bicyclic) bond motifs is 3. The lowest BCUT2D eigenvalue weighted by atomic mass is 10.1. The van der Waals surface area contributed by atoms with Crippen LogP contribution in [0.3, 0.4) is 0 Å². The van der Waals surface area contributed by atoms with Gasteiger partial charge in [-0.15, -0.1) is 11.3 Å². The van der Waals surface area contributed by atoms with Gasteiger partial charge in [0.2, 0.25) is 0 Å². The summed E-state index contributed by atoms with van der Waals surface area (Å²) in [4.78, 5) is 19.9. The number of carbonyl (C=O) groups is 1. The van der Waals surface area contributed by atoms with E-state index in [9.17, 15) is 4.79 Å². The van der Waals surface area contributed by atoms with Crippen LogP contribution in [0.1, 0.15) is 29.1 Å². The average molecular weight is 376 g/mol. The molecule has 0 aliphatic carbocycles. The number of pyridine rings is 1. The van der Waals surface area contributed by atoms with Crippen LogP contribution in [0.15, 0.2) is 24.3 Å². The molecule has 6 heteroatoms. The molecule has 0 unspecified atom stereocenters. The van der Waals surface area contributed by atoms with Gasteiger partial charge in [0.15, 0.2) is 0 Å². The van der Waals surface area contributed by atoms with Crippen molar-refractivity contribution >= 4 is 49.8 Å². The Bertz CT molecular complexity index is 918. The first-order valence-electron chi connectivity index (χ1n) is 8.53. The molecule has 2 heterocycles. The van der Waals surface area contributed by atoms with Gasteiger partial charge < -0.3 is 10.2 Å². The third kappa shape index (κ3) is 3.78. The van der Waals surface area contributed by atoms with E-state index in [4.69, 9.17) is 11.6 Å². The van der Waals surface area contributed by atoms with Gasteiger partial charge in [-0.25, -0.2) is 4.98 Å². The Hall–Kier alpha value is -1.69. The quantitative estimate of drug-likeness (QED) is 0.646. The van der Waals surface area contributed by atoms with Crippen LogP contribution in [0.2, 0.25) is 5.15 Å². The Kier molecular flexibility index (Phi) is 5.57. The normalized spacial score (nSPS) is 11.6. The van der Waals surface area contributed by atoms with E-state index in [-0.39, 0.29) is 5.91 Å². The van der Waals surface area contributed by atoms with Crippen LogP contribution < -0.4 is 5.32 Å². The largest absolute Gasteiger partial charge is 0.350 e. The fraction of sp³-hybridized carbons (Fsp3) is 0.368. The van der Waals surface area contributed by atoms with E-state index >= 15 is 0 Å². The topological polar surface area (TPSA) is 45.2 Å². The number of rotatable bonds is 6. The summed E-state index contributed by atoms with van der Waals surface area (Å²) in [5.74, 6) is -0.0507. The fourth-order valence-electron chi connectivity index (χ4n) is 2.91. The maximum absolute atomic E-state index is 12.5. The summed E-state index contributed by atoms with van der Waals surface area (Å²) in [6.07, 6.45) is 0. The number of amides is 1. The number of halogens is 1. The summed E-state index contributed by atoms with van der Waals surface area (Å²) < 4.78 is 1.02. The number of hydrogen-bond donors (Lipinski definition) is 1. The van der Waals surface area contributed by atoms with Crippen molar-refractivity contribution in [1.82, 2.24) is 15.2 Å². The van der Waals surface area contributed by atoms with Gasteiger partial charge in [0, 0.05) is 28.6 Å². The van der Waals surface area contributed by atoms with Gasteiger partial charge in [-0.3, -0.25) is 4.79 Å². The summed E-state index contributed by atoms with van der Waals surface area (Å²) in [5, 5.41) is 5.35. The standard InChI is InChI=1S/C19H22ClN3OS/c1-4-23(5-2)9-8-21-19(24)16-11-14-17(25-16)13-10-12(3)6-7-15(13)22-18(14)20/h6-7,10-11H,4-5,8-9H2,1-3H3,(H,21,24). The van der Waals surface area contributed by atoms with Gasteiger partial charge in [0.25, 0.3) is 5.91 Å². The number of nitrogens with one attached hydrogen (secondary N) is 1. The molecule has 1 N–H and O–H groups in total. The minimum Gasteiger partial charge on any atom is -0.350 e. The van der Waals surface area contributed by atoms with Crippen molar-refractivity contribution in [3.05, 3.63) is 39.9 Å². The highest BCUT2D eigenvalue weighted by molar-refractivity contribution is 7.21. The Balaban J connectivity index is 1.88. The molecule has 1 aromatic carbocycles. The molecular weight excluding hydrogens is 354 g/mol. The van der Waals surface area contributed by atoms with Crippen molar-refractivity contribution < 1.29 is 4.79 Å². The van der Waals surface area contributed by atoms with E-state index in [0.29, 0.717) is 16.6 Å². The second-order valence-corrected chi connectivity index (χ2v) is 7.47. The first-order chi connectivity index (χ1) is 12.0. The van der Waals surface area contributed by atoms with Crippen molar-refractivity contribution in [2.24, 2.45) is 0 Å². The van der Waals surface area contributed by atoms with Gasteiger partial charge in [-0.05, 0) is 38.2 Å². The molecule has 0 fully saturated rings. The van der Waals surface area contributed by atoms with Gasteiger partial charge in [-0.1, -0.05) is 37.1 Å². The van der Waals surface area contributed by atoms with E-state index in [1.54, 1.807) is 0 Å². The maximum Gasteiger partial charge on any atom is 0.261 e. The van der Waals surface area contributed by atoms with Crippen LogP contribution in [0.25, 0.3) is 21.0 Å². The molecule has 3 rings (SSSR count). The third-order valence-electron chi connectivity index (χ3n) is 4.40. The highest BCUT2D eigenvalue weighted by atomic mass is 35.5. The molecule has 0 saturated carbocycles. The van der Waals surface area contributed by atoms with Crippen molar-refractivity contribution in [1.29, 1.82) is 0 Å². The van der Waals surface area contributed by atoms with Crippen LogP contribution in [0.4, 0.5) is 0 Å². The Morgan fingerprint density at radius 2 is 2.00 bits per heavy atom. The zero-order chi connectivity index (χ0) is 18.0. The molecule has 2 aromatic heterocycles. The van der Waals surface area contributed by atoms with Gasteiger partial charge in [-0.2, -0.15) is 0 Å². The molecule has 0 saturated heterocycles. The molecule has 0 aliphatic heterocycles. The monoisotopic (exact) mass is 375 g/mol. The maximum atomic E-state index is 12.5. The molecular formula is C19H22ClN3OS. The van der Waals surface area contributed by atoms with Crippen molar-refractivity contribution in [3.8, 4) is 0 Å². The van der Waals surface area contributed by atoms with E-state index in [0.717, 1.165) is 46.2 Å². The summed E-state index contributed by atoms with van der Waals surface area (Å²) in [6, 6.07) is 7.94. The highest BCUT2D eigenvalue weighted by Gasteiger charge is 2.15. The fourth-order valence-corrected chi connectivity index (χ4v) is 4.30. The van der Waals surface area contributed by atoms with Gasteiger partial charge in [0.05, 0.1) is 10.4 Å². The molecule has 0 aliphatic rings. The van der Waals surface area contributed by atoms with Crippen molar-refractivity contribution in [2.75, 3.05) is 26.2 Å². The molecule has 132 valence electrons. The SMILES string of the molecule is CCN(CC)CCNC(=O)c1cc2c(Cl)nc3ccc(C)cc3c2s1. The van der Waals surface area contributed by atoms with E-state index in [1.807, 2.05) is 25.1 Å². The first kappa shape index (κ1) is 18.1. The second kappa shape index (κ2) is 7.68. The number of likely N-dealkylation sites (N-methyl/N-ethyl adjacent to an activating group) is 1. The van der Waals surface area contributed by atoms with Crippen molar-refractivity contribution in [3.63, 3.8) is 0 Å². The van der Waals surface area contributed by atoms with Crippen LogP contribution >= 0.6 is 22.9 Å². The second-order valence-electron chi connectivity index (χ2n) is 6.06. The number of hydrogen-bond acceptors (Lipinski definition) is 4. The van der Waals surface area contributed by atoms with E-state index in [2.05, 4.69) is 35.1 Å². The smallest absolute Gasteiger partial charge is 0.261 e. The number of nitrogens with zero attached hydrogens (tertiary/aromatic N) is 2. The minimum absolute atomic E-state index is 0.0507. The highest BCUT2D eigenvalue weighted by Crippen LogP contribution is 2.36. The molecule has 0 bridgehead atoms. The Morgan fingerprint density at radius 1 is 1.24 bits per heavy atom. The zero-order valence-corrected chi connectivity index (χ0v) is 16.3. The average Bonchev–Trinajstić information content (AvgIpc) is 3.06. The summed E-state index contributed by atoms with van der Waals surface area (Å²) in [7, 11) is 0. The van der Waals surface area contributed by atoms with Gasteiger partial charge in [0.1, 0.15) is 5.15 Å². The predicted octanol–water partition coefficient (Wildman–Crippen LogP) is 4.48. The molecule has 0 radical (unpaired) electrons. The van der Waals surface area contributed by atoms with Crippen LogP contribution in [0, 0.1) is 6.92 Å². The summed E-state index contributed by atoms with van der Waals surface area (Å²) in [6.45, 7) is 9.77. The molecule has 3 aromatic rings. The first-order valence-corrected chi connectivity index (χ1v) is 9.72. The summed E-state index contributed by atoms with van der Waals surface area (Å²) >= 11 is 7.81. The number of aryl methyl sites for hydroxylation is 1. The number of carbonyl (C=O) groups excluding carboxylic acids is 1. The number of benzene rings is 1. The predicted molar refractivity (Wildman–Crippen MR) is 107 cm³/mol. The number of aromatic nitrogens is 1. The third-order valence-corrected chi connectivity index (χ3v) is 5.86. The zero-order valence-electron chi connectivity index (χ0n) is 14.7. The van der Waals surface area contributed by atoms with E-state index in [1.165, 1.54) is 11.3 Å². The number of thiophene rings is 1. The molecule has 0 atom stereocenters. The molecule has 25 heavy (non-hydrogen) atoms. The minimum atomic E-state index is -0.0507. The van der Waals surface area contributed by atoms with Gasteiger partial charge >= 0.3 is 0 Å².